The summed E-state index contributed by atoms with van der Waals surface area (Å²) in [4.78, 5) is 14.9. The molecule has 0 aliphatic rings. The van der Waals surface area contributed by atoms with Crippen molar-refractivity contribution in [1.82, 2.24) is 4.98 Å². The smallest absolute Gasteiger partial charge is 0.364 e. The zero-order chi connectivity index (χ0) is 11.3. The van der Waals surface area contributed by atoms with E-state index in [1.807, 2.05) is 0 Å². The SMILES string of the molecule is O=C(COCC(F)(F)F)c1cccnc1. The molecule has 0 bridgehead atoms. The summed E-state index contributed by atoms with van der Waals surface area (Å²) in [6.07, 6.45) is -1.66. The largest absolute Gasteiger partial charge is 0.411 e. The minimum absolute atomic E-state index is 0.236. The van der Waals surface area contributed by atoms with E-state index in [9.17, 15) is 18.0 Å². The van der Waals surface area contributed by atoms with Gasteiger partial charge in [-0.15, -0.1) is 0 Å². The molecule has 0 radical (unpaired) electrons. The Labute approximate surface area is 83.9 Å². The molecular weight excluding hydrogens is 211 g/mol. The number of carbonyl (C=O) groups excluding carboxylic acids is 1. The van der Waals surface area contributed by atoms with Crippen LogP contribution in [0.5, 0.6) is 0 Å². The molecule has 0 aliphatic heterocycles. The van der Waals surface area contributed by atoms with Crippen LogP contribution in [0.15, 0.2) is 24.5 Å². The van der Waals surface area contributed by atoms with Gasteiger partial charge in [0.25, 0.3) is 0 Å². The van der Waals surface area contributed by atoms with Crippen molar-refractivity contribution in [3.05, 3.63) is 30.1 Å². The molecule has 82 valence electrons. The summed E-state index contributed by atoms with van der Waals surface area (Å²) < 4.78 is 39.2. The normalized spacial score (nSPS) is 11.4. The van der Waals surface area contributed by atoms with E-state index in [0.29, 0.717) is 0 Å². The predicted molar refractivity (Wildman–Crippen MR) is 45.4 cm³/mol. The first-order valence-electron chi connectivity index (χ1n) is 4.07. The molecule has 0 saturated heterocycles. The number of Topliss-reactive ketones (excluding diaryl/α,β-unsaturated/α-hetero) is 1. The molecule has 1 rings (SSSR count). The highest BCUT2D eigenvalue weighted by atomic mass is 19.4. The van der Waals surface area contributed by atoms with Crippen LogP contribution >= 0.6 is 0 Å². The van der Waals surface area contributed by atoms with Gasteiger partial charge in [0, 0.05) is 18.0 Å². The van der Waals surface area contributed by atoms with Crippen LogP contribution in [0.2, 0.25) is 0 Å². The van der Waals surface area contributed by atoms with Gasteiger partial charge < -0.3 is 4.74 Å². The van der Waals surface area contributed by atoms with E-state index in [2.05, 4.69) is 9.72 Å². The molecule has 0 saturated carbocycles. The number of hydrogen-bond acceptors (Lipinski definition) is 3. The second-order valence-electron chi connectivity index (χ2n) is 2.77. The third kappa shape index (κ3) is 4.55. The molecule has 1 aromatic heterocycles. The van der Waals surface area contributed by atoms with Crippen molar-refractivity contribution < 1.29 is 22.7 Å². The van der Waals surface area contributed by atoms with Crippen LogP contribution in [0.25, 0.3) is 0 Å². The molecule has 0 N–H and O–H groups in total. The summed E-state index contributed by atoms with van der Waals surface area (Å²) in [6, 6.07) is 2.99. The number of hydrogen-bond donors (Lipinski definition) is 0. The number of ether oxygens (including phenoxy) is 1. The maximum atomic E-state index is 11.7. The number of alkyl halides is 3. The Morgan fingerprint density at radius 1 is 1.47 bits per heavy atom. The molecule has 15 heavy (non-hydrogen) atoms. The summed E-state index contributed by atoms with van der Waals surface area (Å²) in [6.45, 7) is -2.01. The first-order chi connectivity index (χ1) is 6.99. The lowest BCUT2D eigenvalue weighted by Gasteiger charge is -2.06. The van der Waals surface area contributed by atoms with E-state index in [1.165, 1.54) is 24.5 Å². The molecule has 1 aromatic rings. The van der Waals surface area contributed by atoms with Gasteiger partial charge in [0.1, 0.15) is 13.2 Å². The van der Waals surface area contributed by atoms with Gasteiger partial charge in [-0.1, -0.05) is 0 Å². The Balaban J connectivity index is 2.38. The minimum atomic E-state index is -4.41. The molecule has 0 atom stereocenters. The first-order valence-corrected chi connectivity index (χ1v) is 4.07. The zero-order valence-corrected chi connectivity index (χ0v) is 7.62. The number of halogens is 3. The number of carbonyl (C=O) groups is 1. The quantitative estimate of drug-likeness (QED) is 0.725. The third-order valence-corrected chi connectivity index (χ3v) is 1.48. The Morgan fingerprint density at radius 3 is 2.73 bits per heavy atom. The lowest BCUT2D eigenvalue weighted by Crippen LogP contribution is -2.20. The maximum absolute atomic E-state index is 11.7. The van der Waals surface area contributed by atoms with Gasteiger partial charge in [0.2, 0.25) is 0 Å². The average Bonchev–Trinajstić information content (AvgIpc) is 2.17. The predicted octanol–water partition coefficient (Wildman–Crippen LogP) is 1.84. The van der Waals surface area contributed by atoms with Crippen LogP contribution in [0.3, 0.4) is 0 Å². The first kappa shape index (κ1) is 11.6. The highest BCUT2D eigenvalue weighted by molar-refractivity contribution is 5.96. The molecule has 0 fully saturated rings. The van der Waals surface area contributed by atoms with Crippen LogP contribution in [0.1, 0.15) is 10.4 Å². The van der Waals surface area contributed by atoms with Crippen molar-refractivity contribution in [1.29, 1.82) is 0 Å². The maximum Gasteiger partial charge on any atom is 0.411 e. The zero-order valence-electron chi connectivity index (χ0n) is 7.62. The fourth-order valence-corrected chi connectivity index (χ4v) is 0.870. The Kier molecular flexibility index (Phi) is 3.79. The lowest BCUT2D eigenvalue weighted by atomic mass is 10.2. The van der Waals surface area contributed by atoms with Gasteiger partial charge in [-0.3, -0.25) is 9.78 Å². The fourth-order valence-electron chi connectivity index (χ4n) is 0.870. The van der Waals surface area contributed by atoms with E-state index >= 15 is 0 Å². The van der Waals surface area contributed by atoms with Crippen LogP contribution in [-0.2, 0) is 4.74 Å². The highest BCUT2D eigenvalue weighted by Crippen LogP contribution is 2.14. The molecule has 1 heterocycles. The molecule has 3 nitrogen and oxygen atoms in total. The summed E-state index contributed by atoms with van der Waals surface area (Å²) in [5, 5.41) is 0. The van der Waals surface area contributed by atoms with Crippen LogP contribution in [-0.4, -0.2) is 30.2 Å². The molecule has 0 spiro atoms. The number of ketones is 1. The summed E-state index contributed by atoms with van der Waals surface area (Å²) in [7, 11) is 0. The van der Waals surface area contributed by atoms with Crippen molar-refractivity contribution in [3.8, 4) is 0 Å². The molecule has 6 heteroatoms. The number of aromatic nitrogens is 1. The van der Waals surface area contributed by atoms with Gasteiger partial charge in [-0.05, 0) is 12.1 Å². The number of nitrogens with zero attached hydrogens (tertiary/aromatic N) is 1. The van der Waals surface area contributed by atoms with Crippen molar-refractivity contribution in [2.45, 2.75) is 6.18 Å². The standard InChI is InChI=1S/C9H8F3NO2/c10-9(11,12)6-15-5-8(14)7-2-1-3-13-4-7/h1-4H,5-6H2. The summed E-state index contributed by atoms with van der Waals surface area (Å²) >= 11 is 0. The molecular formula is C9H8F3NO2. The van der Waals surface area contributed by atoms with Crippen LogP contribution in [0, 0.1) is 0 Å². The Bertz CT molecular complexity index is 324. The minimum Gasteiger partial charge on any atom is -0.364 e. The van der Waals surface area contributed by atoms with Crippen molar-refractivity contribution in [2.24, 2.45) is 0 Å². The Morgan fingerprint density at radius 2 is 2.20 bits per heavy atom. The second kappa shape index (κ2) is 4.88. The van der Waals surface area contributed by atoms with E-state index in [4.69, 9.17) is 0 Å². The van der Waals surface area contributed by atoms with Gasteiger partial charge >= 0.3 is 6.18 Å². The van der Waals surface area contributed by atoms with Gasteiger partial charge in [0.05, 0.1) is 0 Å². The van der Waals surface area contributed by atoms with Gasteiger partial charge in [-0.2, -0.15) is 13.2 Å². The third-order valence-electron chi connectivity index (χ3n) is 1.48. The number of pyridine rings is 1. The molecule has 0 amide bonds. The van der Waals surface area contributed by atoms with E-state index in [1.54, 1.807) is 0 Å². The van der Waals surface area contributed by atoms with E-state index < -0.39 is 25.2 Å². The lowest BCUT2D eigenvalue weighted by molar-refractivity contribution is -0.170. The van der Waals surface area contributed by atoms with E-state index in [0.717, 1.165) is 0 Å². The monoisotopic (exact) mass is 219 g/mol. The second-order valence-corrected chi connectivity index (χ2v) is 2.77. The van der Waals surface area contributed by atoms with Crippen molar-refractivity contribution in [3.63, 3.8) is 0 Å². The molecule has 0 unspecified atom stereocenters. The van der Waals surface area contributed by atoms with Crippen molar-refractivity contribution in [2.75, 3.05) is 13.2 Å². The van der Waals surface area contributed by atoms with Crippen molar-refractivity contribution >= 4 is 5.78 Å². The number of rotatable bonds is 4. The highest BCUT2D eigenvalue weighted by Gasteiger charge is 2.27. The topological polar surface area (TPSA) is 39.2 Å². The fraction of sp³-hybridized carbons (Fsp3) is 0.333. The Hall–Kier alpha value is -1.43. The molecule has 0 aliphatic carbocycles. The molecule has 0 aromatic carbocycles. The van der Waals surface area contributed by atoms with Crippen LogP contribution in [0.4, 0.5) is 13.2 Å². The average molecular weight is 219 g/mol. The van der Waals surface area contributed by atoms with Gasteiger partial charge in [0.15, 0.2) is 5.78 Å². The van der Waals surface area contributed by atoms with E-state index in [-0.39, 0.29) is 5.56 Å². The van der Waals surface area contributed by atoms with Crippen LogP contribution < -0.4 is 0 Å². The summed E-state index contributed by atoms with van der Waals surface area (Å²) in [5.74, 6) is -0.521. The summed E-state index contributed by atoms with van der Waals surface area (Å²) in [5.41, 5.74) is 0.236. The van der Waals surface area contributed by atoms with Gasteiger partial charge in [-0.25, -0.2) is 0 Å².